The van der Waals surface area contributed by atoms with E-state index in [2.05, 4.69) is 15.5 Å². The average Bonchev–Trinajstić information content (AvgIpc) is 3.12. The molecule has 152 valence electrons. The largest absolute Gasteiger partial charge is 0.493 e. The van der Waals surface area contributed by atoms with Gasteiger partial charge in [0, 0.05) is 30.4 Å². The number of methoxy groups -OCH3 is 3. The molecule has 0 aliphatic carbocycles. The summed E-state index contributed by atoms with van der Waals surface area (Å²) in [4.78, 5) is 12.4. The van der Waals surface area contributed by atoms with Gasteiger partial charge in [0.15, 0.2) is 22.5 Å². The smallest absolute Gasteiger partial charge is 0.234 e. The van der Waals surface area contributed by atoms with Gasteiger partial charge in [0.05, 0.1) is 27.1 Å². The first-order valence-electron chi connectivity index (χ1n) is 8.74. The SMILES string of the molecule is COc1cc(NC(=O)CSc2nnc(-c3ccccc3)n2C)cc(OC)c1OC. The number of nitrogens with one attached hydrogen (secondary N) is 1. The Bertz CT molecular complexity index is 966. The van der Waals surface area contributed by atoms with Crippen LogP contribution in [0, 0.1) is 0 Å². The van der Waals surface area contributed by atoms with E-state index in [1.165, 1.54) is 33.1 Å². The Hall–Kier alpha value is -3.20. The predicted octanol–water partition coefficient (Wildman–Crippen LogP) is 3.24. The molecule has 0 unspecified atom stereocenters. The number of aromatic nitrogens is 3. The molecule has 3 aromatic rings. The molecule has 1 N–H and O–H groups in total. The van der Waals surface area contributed by atoms with Crippen molar-refractivity contribution in [3.8, 4) is 28.6 Å². The summed E-state index contributed by atoms with van der Waals surface area (Å²) in [5, 5.41) is 11.9. The van der Waals surface area contributed by atoms with Crippen LogP contribution in [-0.2, 0) is 11.8 Å². The summed E-state index contributed by atoms with van der Waals surface area (Å²) in [7, 11) is 6.45. The quantitative estimate of drug-likeness (QED) is 0.566. The summed E-state index contributed by atoms with van der Waals surface area (Å²) < 4.78 is 17.8. The number of anilines is 1. The van der Waals surface area contributed by atoms with Crippen LogP contribution in [0.3, 0.4) is 0 Å². The molecule has 0 atom stereocenters. The zero-order valence-electron chi connectivity index (χ0n) is 16.6. The molecule has 3 rings (SSSR count). The van der Waals surface area contributed by atoms with Crippen LogP contribution in [0.4, 0.5) is 5.69 Å². The van der Waals surface area contributed by atoms with Gasteiger partial charge in [0.2, 0.25) is 11.7 Å². The Morgan fingerprint density at radius 1 is 1.03 bits per heavy atom. The van der Waals surface area contributed by atoms with Crippen molar-refractivity contribution in [1.29, 1.82) is 0 Å². The first-order valence-corrected chi connectivity index (χ1v) is 9.73. The normalized spacial score (nSPS) is 10.5. The second kappa shape index (κ2) is 9.33. The van der Waals surface area contributed by atoms with E-state index >= 15 is 0 Å². The van der Waals surface area contributed by atoms with Crippen molar-refractivity contribution in [2.45, 2.75) is 5.16 Å². The van der Waals surface area contributed by atoms with Crippen LogP contribution >= 0.6 is 11.8 Å². The molecule has 8 nitrogen and oxygen atoms in total. The average molecular weight is 414 g/mol. The lowest BCUT2D eigenvalue weighted by molar-refractivity contribution is -0.113. The fraction of sp³-hybridized carbons (Fsp3) is 0.250. The molecule has 0 spiro atoms. The molecular weight excluding hydrogens is 392 g/mol. The number of hydrogen-bond donors (Lipinski definition) is 1. The van der Waals surface area contributed by atoms with E-state index in [4.69, 9.17) is 14.2 Å². The van der Waals surface area contributed by atoms with Gasteiger partial charge in [-0.2, -0.15) is 0 Å². The van der Waals surface area contributed by atoms with Gasteiger partial charge in [-0.25, -0.2) is 0 Å². The van der Waals surface area contributed by atoms with Gasteiger partial charge in [-0.15, -0.1) is 10.2 Å². The van der Waals surface area contributed by atoms with Crippen LogP contribution < -0.4 is 19.5 Å². The molecule has 0 radical (unpaired) electrons. The minimum absolute atomic E-state index is 0.178. The number of nitrogens with zero attached hydrogens (tertiary/aromatic N) is 3. The van der Waals surface area contributed by atoms with E-state index in [9.17, 15) is 4.79 Å². The first-order chi connectivity index (χ1) is 14.1. The van der Waals surface area contributed by atoms with Crippen molar-refractivity contribution >= 4 is 23.4 Å². The summed E-state index contributed by atoms with van der Waals surface area (Å²) >= 11 is 1.31. The third kappa shape index (κ3) is 4.62. The molecule has 0 saturated carbocycles. The standard InChI is InChI=1S/C20H22N4O4S/c1-24-19(13-8-6-5-7-9-13)22-23-20(24)29-12-17(25)21-14-10-15(26-2)18(28-4)16(11-14)27-3/h5-11H,12H2,1-4H3,(H,21,25). The minimum atomic E-state index is -0.187. The Morgan fingerprint density at radius 3 is 2.28 bits per heavy atom. The summed E-state index contributed by atoms with van der Waals surface area (Å²) in [6.45, 7) is 0. The van der Waals surface area contributed by atoms with Gasteiger partial charge in [-0.05, 0) is 0 Å². The summed E-state index contributed by atoms with van der Waals surface area (Å²) in [5.74, 6) is 2.14. The molecule has 0 fully saturated rings. The zero-order valence-corrected chi connectivity index (χ0v) is 17.4. The number of rotatable bonds is 8. The van der Waals surface area contributed by atoms with Crippen molar-refractivity contribution in [3.05, 3.63) is 42.5 Å². The Labute approximate surface area is 173 Å². The summed E-state index contributed by atoms with van der Waals surface area (Å²) in [6, 6.07) is 13.1. The van der Waals surface area contributed by atoms with E-state index in [1.807, 2.05) is 41.9 Å². The highest BCUT2D eigenvalue weighted by Crippen LogP contribution is 2.40. The van der Waals surface area contributed by atoms with Crippen molar-refractivity contribution in [2.24, 2.45) is 7.05 Å². The van der Waals surface area contributed by atoms with Crippen molar-refractivity contribution in [1.82, 2.24) is 14.8 Å². The fourth-order valence-corrected chi connectivity index (χ4v) is 3.47. The highest BCUT2D eigenvalue weighted by molar-refractivity contribution is 7.99. The molecule has 0 aliphatic rings. The highest BCUT2D eigenvalue weighted by Gasteiger charge is 2.16. The van der Waals surface area contributed by atoms with Gasteiger partial charge >= 0.3 is 0 Å². The highest BCUT2D eigenvalue weighted by atomic mass is 32.2. The number of hydrogen-bond acceptors (Lipinski definition) is 7. The van der Waals surface area contributed by atoms with Crippen LogP contribution in [-0.4, -0.2) is 47.8 Å². The Morgan fingerprint density at radius 2 is 1.69 bits per heavy atom. The molecule has 9 heteroatoms. The molecule has 29 heavy (non-hydrogen) atoms. The maximum Gasteiger partial charge on any atom is 0.234 e. The fourth-order valence-electron chi connectivity index (χ4n) is 2.76. The van der Waals surface area contributed by atoms with Crippen molar-refractivity contribution in [2.75, 3.05) is 32.4 Å². The van der Waals surface area contributed by atoms with Gasteiger partial charge in [0.25, 0.3) is 0 Å². The molecule has 1 heterocycles. The summed E-state index contributed by atoms with van der Waals surface area (Å²) in [5.41, 5.74) is 1.52. The Balaban J connectivity index is 1.67. The predicted molar refractivity (Wildman–Crippen MR) is 112 cm³/mol. The molecule has 1 amide bonds. The maximum atomic E-state index is 12.4. The number of carbonyl (C=O) groups excluding carboxylic acids is 1. The monoisotopic (exact) mass is 414 g/mol. The van der Waals surface area contributed by atoms with Gasteiger partial charge in [-0.1, -0.05) is 42.1 Å². The lowest BCUT2D eigenvalue weighted by Crippen LogP contribution is -2.14. The van der Waals surface area contributed by atoms with E-state index in [1.54, 1.807) is 12.1 Å². The van der Waals surface area contributed by atoms with Crippen LogP contribution in [0.5, 0.6) is 17.2 Å². The number of ether oxygens (including phenoxy) is 3. The van der Waals surface area contributed by atoms with Crippen molar-refractivity contribution < 1.29 is 19.0 Å². The van der Waals surface area contributed by atoms with E-state index in [0.717, 1.165) is 11.4 Å². The van der Waals surface area contributed by atoms with E-state index in [0.29, 0.717) is 28.1 Å². The Kier molecular flexibility index (Phi) is 6.61. The van der Waals surface area contributed by atoms with Crippen LogP contribution in [0.15, 0.2) is 47.6 Å². The number of carbonyl (C=O) groups is 1. The number of amides is 1. The maximum absolute atomic E-state index is 12.4. The zero-order chi connectivity index (χ0) is 20.8. The lowest BCUT2D eigenvalue weighted by Gasteiger charge is -2.14. The van der Waals surface area contributed by atoms with Crippen molar-refractivity contribution in [3.63, 3.8) is 0 Å². The third-order valence-electron chi connectivity index (χ3n) is 4.15. The topological polar surface area (TPSA) is 87.5 Å². The van der Waals surface area contributed by atoms with E-state index < -0.39 is 0 Å². The van der Waals surface area contributed by atoms with Gasteiger partial charge < -0.3 is 24.1 Å². The number of thioether (sulfide) groups is 1. The van der Waals surface area contributed by atoms with Crippen LogP contribution in [0.25, 0.3) is 11.4 Å². The number of benzene rings is 2. The van der Waals surface area contributed by atoms with E-state index in [-0.39, 0.29) is 11.7 Å². The molecule has 1 aromatic heterocycles. The van der Waals surface area contributed by atoms with Gasteiger partial charge in [0.1, 0.15) is 0 Å². The molecule has 0 saturated heterocycles. The second-order valence-corrected chi connectivity index (χ2v) is 6.92. The molecule has 0 bridgehead atoms. The molecule has 0 aliphatic heterocycles. The van der Waals surface area contributed by atoms with Crippen LogP contribution in [0.1, 0.15) is 0 Å². The first kappa shape index (κ1) is 20.5. The second-order valence-electron chi connectivity index (χ2n) is 5.98. The lowest BCUT2D eigenvalue weighted by atomic mass is 10.2. The van der Waals surface area contributed by atoms with Gasteiger partial charge in [-0.3, -0.25) is 4.79 Å². The summed E-state index contributed by atoms with van der Waals surface area (Å²) in [6.07, 6.45) is 0. The molecular formula is C20H22N4O4S. The van der Waals surface area contributed by atoms with Crippen LogP contribution in [0.2, 0.25) is 0 Å². The molecule has 2 aromatic carbocycles. The minimum Gasteiger partial charge on any atom is -0.493 e. The third-order valence-corrected chi connectivity index (χ3v) is 5.17.